The van der Waals surface area contributed by atoms with Crippen molar-refractivity contribution in [2.45, 2.75) is 58.1 Å². The zero-order valence-corrected chi connectivity index (χ0v) is 30.8. The van der Waals surface area contributed by atoms with E-state index in [1.807, 2.05) is 103 Å². The molecule has 0 aliphatic carbocycles. The van der Waals surface area contributed by atoms with Crippen LogP contribution in [-0.4, -0.2) is 44.5 Å². The van der Waals surface area contributed by atoms with E-state index in [1.54, 1.807) is 43.3 Å². The highest BCUT2D eigenvalue weighted by atomic mass is 16.5. The van der Waals surface area contributed by atoms with Gasteiger partial charge in [-0.05, 0) is 65.1 Å². The SMILES string of the molecule is CCCCCCCNC(=O)N(C)c1cccc(-c2ccc(CC(Nc3ccccc3C(=O)c3ccccc3)C(=O)OCc3cccc(OC)c3)cc2)c1. The van der Waals surface area contributed by atoms with Crippen LogP contribution in [0.4, 0.5) is 16.2 Å². The number of anilines is 2. The summed E-state index contributed by atoms with van der Waals surface area (Å²) in [5.41, 5.74) is 6.01. The summed E-state index contributed by atoms with van der Waals surface area (Å²) in [5.74, 6) is 0.0819. The second-order valence-corrected chi connectivity index (χ2v) is 13.1. The number of esters is 1. The first kappa shape index (κ1) is 38.3. The molecule has 0 saturated heterocycles. The molecule has 1 atom stereocenters. The van der Waals surface area contributed by atoms with Gasteiger partial charge in [0.15, 0.2) is 5.78 Å². The van der Waals surface area contributed by atoms with E-state index < -0.39 is 12.0 Å². The molecule has 8 nitrogen and oxygen atoms in total. The number of amides is 2. The third kappa shape index (κ3) is 11.0. The molecule has 0 aliphatic heterocycles. The maximum Gasteiger partial charge on any atom is 0.329 e. The molecule has 0 bridgehead atoms. The van der Waals surface area contributed by atoms with Crippen LogP contribution in [0.2, 0.25) is 0 Å². The van der Waals surface area contributed by atoms with Crippen molar-refractivity contribution in [3.8, 4) is 16.9 Å². The zero-order chi connectivity index (χ0) is 37.4. The van der Waals surface area contributed by atoms with Gasteiger partial charge in [0.2, 0.25) is 0 Å². The molecule has 0 radical (unpaired) electrons. The molecule has 5 rings (SSSR count). The van der Waals surface area contributed by atoms with E-state index in [0.29, 0.717) is 35.5 Å². The predicted octanol–water partition coefficient (Wildman–Crippen LogP) is 9.48. The minimum Gasteiger partial charge on any atom is -0.497 e. The lowest BCUT2D eigenvalue weighted by atomic mass is 9.98. The molecule has 0 saturated carbocycles. The van der Waals surface area contributed by atoms with Crippen LogP contribution >= 0.6 is 0 Å². The molecule has 0 heterocycles. The van der Waals surface area contributed by atoms with Gasteiger partial charge in [0.25, 0.3) is 0 Å². The monoisotopic (exact) mass is 711 g/mol. The topological polar surface area (TPSA) is 97.0 Å². The van der Waals surface area contributed by atoms with Crippen molar-refractivity contribution in [1.29, 1.82) is 0 Å². The number of benzene rings is 5. The van der Waals surface area contributed by atoms with Gasteiger partial charge in [0, 0.05) is 42.5 Å². The molecule has 53 heavy (non-hydrogen) atoms. The van der Waals surface area contributed by atoms with Crippen LogP contribution < -0.4 is 20.3 Å². The minimum atomic E-state index is -0.793. The normalized spacial score (nSPS) is 11.3. The van der Waals surface area contributed by atoms with Gasteiger partial charge in [-0.3, -0.25) is 9.69 Å². The van der Waals surface area contributed by atoms with Crippen LogP contribution in [-0.2, 0) is 22.6 Å². The molecule has 1 unspecified atom stereocenters. The Labute approximate surface area is 313 Å². The Morgan fingerprint density at radius 2 is 1.45 bits per heavy atom. The number of carbonyl (C=O) groups is 3. The van der Waals surface area contributed by atoms with Gasteiger partial charge in [0.1, 0.15) is 18.4 Å². The van der Waals surface area contributed by atoms with Crippen molar-refractivity contribution >= 4 is 29.2 Å². The van der Waals surface area contributed by atoms with Crippen molar-refractivity contribution < 1.29 is 23.9 Å². The number of nitrogens with zero attached hydrogens (tertiary/aromatic N) is 1. The fraction of sp³-hybridized carbons (Fsp3) is 0.267. The average Bonchev–Trinajstić information content (AvgIpc) is 3.21. The lowest BCUT2D eigenvalue weighted by Crippen LogP contribution is -2.37. The maximum atomic E-state index is 13.8. The summed E-state index contributed by atoms with van der Waals surface area (Å²) in [6.07, 6.45) is 6.01. The number of urea groups is 1. The van der Waals surface area contributed by atoms with Gasteiger partial charge in [-0.1, -0.05) is 124 Å². The molecule has 2 amide bonds. The second-order valence-electron chi connectivity index (χ2n) is 13.1. The van der Waals surface area contributed by atoms with E-state index in [0.717, 1.165) is 40.8 Å². The molecule has 5 aromatic carbocycles. The van der Waals surface area contributed by atoms with Gasteiger partial charge in [0.05, 0.1) is 7.11 Å². The first-order chi connectivity index (χ1) is 25.9. The third-order valence-electron chi connectivity index (χ3n) is 9.16. The molecule has 0 aromatic heterocycles. The molecular formula is C45H49N3O5. The highest BCUT2D eigenvalue weighted by Gasteiger charge is 2.24. The number of unbranched alkanes of at least 4 members (excludes halogenated alkanes) is 4. The fourth-order valence-electron chi connectivity index (χ4n) is 6.07. The van der Waals surface area contributed by atoms with Crippen molar-refractivity contribution in [3.63, 3.8) is 0 Å². The number of hydrogen-bond donors (Lipinski definition) is 2. The quantitative estimate of drug-likeness (QED) is 0.0534. The predicted molar refractivity (Wildman–Crippen MR) is 213 cm³/mol. The molecule has 5 aromatic rings. The van der Waals surface area contributed by atoms with Crippen LogP contribution in [0, 0.1) is 0 Å². The summed E-state index contributed by atoms with van der Waals surface area (Å²) < 4.78 is 11.2. The minimum absolute atomic E-state index is 0.0690. The summed E-state index contributed by atoms with van der Waals surface area (Å²) in [7, 11) is 3.37. The zero-order valence-electron chi connectivity index (χ0n) is 30.8. The highest BCUT2D eigenvalue weighted by Crippen LogP contribution is 2.27. The van der Waals surface area contributed by atoms with Crippen LogP contribution in [0.5, 0.6) is 5.75 Å². The Balaban J connectivity index is 1.31. The third-order valence-corrected chi connectivity index (χ3v) is 9.16. The number of nitrogens with one attached hydrogen (secondary N) is 2. The average molecular weight is 712 g/mol. The summed E-state index contributed by atoms with van der Waals surface area (Å²) in [6, 6.07) is 38.6. The van der Waals surface area contributed by atoms with E-state index in [4.69, 9.17) is 9.47 Å². The van der Waals surface area contributed by atoms with E-state index in [1.165, 1.54) is 19.3 Å². The maximum absolute atomic E-state index is 13.8. The number of rotatable bonds is 18. The van der Waals surface area contributed by atoms with Gasteiger partial charge in [-0.25, -0.2) is 9.59 Å². The lowest BCUT2D eigenvalue weighted by molar-refractivity contribution is -0.145. The molecule has 0 aliphatic rings. The largest absolute Gasteiger partial charge is 0.497 e. The molecule has 8 heteroatoms. The van der Waals surface area contributed by atoms with Crippen LogP contribution in [0.25, 0.3) is 11.1 Å². The standard InChI is InChI=1S/C45H49N3O5/c1-4-5-6-7-13-28-46-45(51)48(2)38-20-15-19-37(31-38)35-26-24-33(25-27-35)30-42(44(50)53-32-34-16-14-21-39(29-34)52-3)47-41-23-12-11-22-40(41)43(49)36-17-9-8-10-18-36/h8-12,14-27,29,31,42,47H,4-7,13,28,30,32H2,1-3H3,(H,46,51). The van der Waals surface area contributed by atoms with Gasteiger partial charge < -0.3 is 20.1 Å². The number of carbonyl (C=O) groups excluding carboxylic acids is 3. The van der Waals surface area contributed by atoms with Crippen LogP contribution in [0.3, 0.4) is 0 Å². The first-order valence-electron chi connectivity index (χ1n) is 18.3. The van der Waals surface area contributed by atoms with Crippen molar-refractivity contribution in [1.82, 2.24) is 5.32 Å². The summed E-state index contributed by atoms with van der Waals surface area (Å²) in [5, 5.41) is 6.37. The van der Waals surface area contributed by atoms with Crippen LogP contribution in [0.15, 0.2) is 127 Å². The second kappa shape index (κ2) is 19.6. The molecule has 0 spiro atoms. The molecule has 2 N–H and O–H groups in total. The van der Waals surface area contributed by atoms with Crippen molar-refractivity contribution in [3.05, 3.63) is 150 Å². The molecule has 0 fully saturated rings. The Hall–Kier alpha value is -5.89. The summed E-state index contributed by atoms with van der Waals surface area (Å²) in [6.45, 7) is 2.92. The van der Waals surface area contributed by atoms with Gasteiger partial charge >= 0.3 is 12.0 Å². The highest BCUT2D eigenvalue weighted by molar-refractivity contribution is 6.12. The van der Waals surface area contributed by atoms with Gasteiger partial charge in [-0.2, -0.15) is 0 Å². The van der Waals surface area contributed by atoms with Crippen molar-refractivity contribution in [2.24, 2.45) is 0 Å². The molecular weight excluding hydrogens is 663 g/mol. The number of ketones is 1. The van der Waals surface area contributed by atoms with E-state index in [2.05, 4.69) is 17.6 Å². The summed E-state index contributed by atoms with van der Waals surface area (Å²) >= 11 is 0. The van der Waals surface area contributed by atoms with E-state index >= 15 is 0 Å². The number of ether oxygens (including phenoxy) is 2. The van der Waals surface area contributed by atoms with E-state index in [9.17, 15) is 14.4 Å². The van der Waals surface area contributed by atoms with Gasteiger partial charge in [-0.15, -0.1) is 0 Å². The number of para-hydroxylation sites is 1. The molecule has 274 valence electrons. The Kier molecular flexibility index (Phi) is 14.2. The van der Waals surface area contributed by atoms with E-state index in [-0.39, 0.29) is 18.4 Å². The lowest BCUT2D eigenvalue weighted by Gasteiger charge is -2.21. The van der Waals surface area contributed by atoms with Crippen molar-refractivity contribution in [2.75, 3.05) is 30.9 Å². The Bertz CT molecular complexity index is 1940. The first-order valence-corrected chi connectivity index (χ1v) is 18.3. The summed E-state index contributed by atoms with van der Waals surface area (Å²) in [4.78, 5) is 41.8. The fourth-order valence-corrected chi connectivity index (χ4v) is 6.07. The number of methoxy groups -OCH3 is 1. The Morgan fingerprint density at radius 3 is 2.23 bits per heavy atom. The number of hydrogen-bond acceptors (Lipinski definition) is 6. The Morgan fingerprint density at radius 1 is 0.717 bits per heavy atom. The smallest absolute Gasteiger partial charge is 0.329 e. The van der Waals surface area contributed by atoms with Crippen LogP contribution in [0.1, 0.15) is 66.1 Å².